The van der Waals surface area contributed by atoms with Crippen LogP contribution in [0.2, 0.25) is 0 Å². The highest BCUT2D eigenvalue weighted by molar-refractivity contribution is 5.82. The van der Waals surface area contributed by atoms with Crippen LogP contribution < -0.4 is 5.73 Å². The summed E-state index contributed by atoms with van der Waals surface area (Å²) in [6.45, 7) is 0.557. The molecule has 1 aromatic carbocycles. The summed E-state index contributed by atoms with van der Waals surface area (Å²) in [6, 6.07) is 7.46. The molecule has 0 unspecified atom stereocenters. The minimum absolute atomic E-state index is 0.0649. The van der Waals surface area contributed by atoms with E-state index in [0.717, 1.165) is 10.9 Å². The van der Waals surface area contributed by atoms with Crippen LogP contribution in [0, 0.1) is 0 Å². The Morgan fingerprint density at radius 3 is 2.60 bits per heavy atom. The van der Waals surface area contributed by atoms with E-state index in [1.165, 1.54) is 0 Å². The molecule has 0 amide bonds. The molecule has 6 heteroatoms. The Morgan fingerprint density at radius 2 is 1.95 bits per heavy atom. The smallest absolute Gasteiger partial charge is 0.390 e. The molecule has 0 aliphatic carbocycles. The van der Waals surface area contributed by atoms with E-state index >= 15 is 0 Å². The number of nitrogens with zero attached hydrogens (tertiary/aromatic N) is 1. The van der Waals surface area contributed by atoms with Gasteiger partial charge in [0.1, 0.15) is 11.3 Å². The molecular weight excluding hydrogens is 269 g/mol. The van der Waals surface area contributed by atoms with E-state index in [0.29, 0.717) is 24.4 Å². The highest BCUT2D eigenvalue weighted by Crippen LogP contribution is 2.27. The van der Waals surface area contributed by atoms with Crippen LogP contribution in [0.15, 0.2) is 28.7 Å². The van der Waals surface area contributed by atoms with Crippen LogP contribution in [0.4, 0.5) is 13.2 Å². The van der Waals surface area contributed by atoms with Crippen molar-refractivity contribution in [1.29, 1.82) is 0 Å². The maximum atomic E-state index is 12.2. The number of hydrogen-bond donors (Lipinski definition) is 1. The topological polar surface area (TPSA) is 42.4 Å². The van der Waals surface area contributed by atoms with Crippen molar-refractivity contribution in [3.8, 4) is 0 Å². The molecule has 2 rings (SSSR count). The SMILES string of the molecule is CN(CCC(F)(F)F)Cc1oc2ccccc2c1CN. The molecule has 0 fully saturated rings. The Bertz CT molecular complexity index is 577. The van der Waals surface area contributed by atoms with E-state index in [9.17, 15) is 13.2 Å². The first-order valence-electron chi connectivity index (χ1n) is 6.35. The van der Waals surface area contributed by atoms with Crippen LogP contribution in [0.1, 0.15) is 17.7 Å². The van der Waals surface area contributed by atoms with E-state index in [1.807, 2.05) is 24.3 Å². The van der Waals surface area contributed by atoms with Crippen LogP contribution in [0.3, 0.4) is 0 Å². The van der Waals surface area contributed by atoms with Crippen LogP contribution in [-0.2, 0) is 13.1 Å². The predicted octanol–water partition coefficient (Wildman–Crippen LogP) is 3.28. The molecule has 0 saturated carbocycles. The summed E-state index contributed by atoms with van der Waals surface area (Å²) in [4.78, 5) is 1.59. The predicted molar refractivity (Wildman–Crippen MR) is 71.1 cm³/mol. The molecule has 0 atom stereocenters. The Balaban J connectivity index is 2.13. The number of furan rings is 1. The molecule has 0 spiro atoms. The maximum Gasteiger partial charge on any atom is 0.390 e. The van der Waals surface area contributed by atoms with Crippen LogP contribution in [0.25, 0.3) is 11.0 Å². The number of hydrogen-bond acceptors (Lipinski definition) is 3. The summed E-state index contributed by atoms with van der Waals surface area (Å²) < 4.78 is 42.3. The highest BCUT2D eigenvalue weighted by atomic mass is 19.4. The minimum Gasteiger partial charge on any atom is -0.459 e. The van der Waals surface area contributed by atoms with Gasteiger partial charge in [-0.25, -0.2) is 0 Å². The average molecular weight is 286 g/mol. The van der Waals surface area contributed by atoms with E-state index in [2.05, 4.69) is 0 Å². The number of benzene rings is 1. The second kappa shape index (κ2) is 5.85. The van der Waals surface area contributed by atoms with E-state index in [-0.39, 0.29) is 6.54 Å². The Labute approximate surface area is 115 Å². The number of fused-ring (bicyclic) bond motifs is 1. The molecule has 0 saturated heterocycles. The molecule has 0 aliphatic rings. The summed E-state index contributed by atoms with van der Waals surface area (Å²) in [5.41, 5.74) is 7.30. The zero-order valence-electron chi connectivity index (χ0n) is 11.2. The Morgan fingerprint density at radius 1 is 1.25 bits per heavy atom. The summed E-state index contributed by atoms with van der Waals surface area (Å²) in [5.74, 6) is 0.637. The molecule has 1 heterocycles. The van der Waals surface area contributed by atoms with Crippen molar-refractivity contribution >= 4 is 11.0 Å². The van der Waals surface area contributed by atoms with Crippen molar-refractivity contribution in [3.63, 3.8) is 0 Å². The van der Waals surface area contributed by atoms with Crippen molar-refractivity contribution in [2.45, 2.75) is 25.7 Å². The van der Waals surface area contributed by atoms with Crippen molar-refractivity contribution in [2.24, 2.45) is 5.73 Å². The molecule has 110 valence electrons. The van der Waals surface area contributed by atoms with Crippen LogP contribution >= 0.6 is 0 Å². The third-order valence-electron chi connectivity index (χ3n) is 3.18. The summed E-state index contributed by atoms with van der Waals surface area (Å²) in [6.07, 6.45) is -4.97. The first-order valence-corrected chi connectivity index (χ1v) is 6.35. The Kier molecular flexibility index (Phi) is 4.35. The number of para-hydroxylation sites is 1. The first kappa shape index (κ1) is 14.9. The summed E-state index contributed by atoms with van der Waals surface area (Å²) in [7, 11) is 1.64. The lowest BCUT2D eigenvalue weighted by atomic mass is 10.1. The van der Waals surface area contributed by atoms with Crippen molar-refractivity contribution in [1.82, 2.24) is 4.90 Å². The van der Waals surface area contributed by atoms with Crippen molar-refractivity contribution in [3.05, 3.63) is 35.6 Å². The van der Waals surface area contributed by atoms with E-state index < -0.39 is 12.6 Å². The highest BCUT2D eigenvalue weighted by Gasteiger charge is 2.27. The number of rotatable bonds is 5. The van der Waals surface area contributed by atoms with Gasteiger partial charge in [-0.3, -0.25) is 4.90 Å². The Hall–Kier alpha value is -1.53. The molecule has 2 N–H and O–H groups in total. The second-order valence-corrected chi connectivity index (χ2v) is 4.81. The fourth-order valence-corrected chi connectivity index (χ4v) is 2.14. The number of halogens is 3. The molecule has 0 bridgehead atoms. The van der Waals surface area contributed by atoms with Gasteiger partial charge in [0, 0.05) is 24.0 Å². The lowest BCUT2D eigenvalue weighted by Gasteiger charge is -2.16. The van der Waals surface area contributed by atoms with Gasteiger partial charge < -0.3 is 10.2 Å². The minimum atomic E-state index is -4.14. The molecular formula is C14H17F3N2O. The van der Waals surface area contributed by atoms with Gasteiger partial charge in [0.15, 0.2) is 0 Å². The van der Waals surface area contributed by atoms with Gasteiger partial charge in [-0.2, -0.15) is 13.2 Å². The quantitative estimate of drug-likeness (QED) is 0.917. The second-order valence-electron chi connectivity index (χ2n) is 4.81. The fourth-order valence-electron chi connectivity index (χ4n) is 2.14. The number of nitrogens with two attached hydrogens (primary N) is 1. The van der Waals surface area contributed by atoms with Gasteiger partial charge in [-0.1, -0.05) is 18.2 Å². The van der Waals surface area contributed by atoms with Gasteiger partial charge >= 0.3 is 6.18 Å². The zero-order valence-corrected chi connectivity index (χ0v) is 11.2. The molecule has 0 aliphatic heterocycles. The zero-order chi connectivity index (χ0) is 14.8. The average Bonchev–Trinajstić information content (AvgIpc) is 2.72. The van der Waals surface area contributed by atoms with Gasteiger partial charge in [0.25, 0.3) is 0 Å². The van der Waals surface area contributed by atoms with Gasteiger partial charge in [0.05, 0.1) is 13.0 Å². The third-order valence-corrected chi connectivity index (χ3v) is 3.18. The fraction of sp³-hybridized carbons (Fsp3) is 0.429. The maximum absolute atomic E-state index is 12.2. The lowest BCUT2D eigenvalue weighted by Crippen LogP contribution is -2.24. The van der Waals surface area contributed by atoms with Gasteiger partial charge in [-0.15, -0.1) is 0 Å². The molecule has 0 radical (unpaired) electrons. The molecule has 3 nitrogen and oxygen atoms in total. The van der Waals surface area contributed by atoms with Gasteiger partial charge in [0.2, 0.25) is 0 Å². The molecule has 2 aromatic rings. The van der Waals surface area contributed by atoms with Crippen LogP contribution in [0.5, 0.6) is 0 Å². The number of alkyl halides is 3. The van der Waals surface area contributed by atoms with E-state index in [1.54, 1.807) is 11.9 Å². The van der Waals surface area contributed by atoms with Crippen molar-refractivity contribution in [2.75, 3.05) is 13.6 Å². The third kappa shape index (κ3) is 3.52. The standard InChI is InChI=1S/C14H17F3N2O/c1-19(7-6-14(15,16)17)9-13-11(8-18)10-4-2-3-5-12(10)20-13/h2-5H,6-9,18H2,1H3. The largest absolute Gasteiger partial charge is 0.459 e. The monoisotopic (exact) mass is 286 g/mol. The van der Waals surface area contributed by atoms with Gasteiger partial charge in [-0.05, 0) is 13.1 Å². The normalized spacial score (nSPS) is 12.5. The summed E-state index contributed by atoms with van der Waals surface area (Å²) in [5, 5.41) is 0.925. The summed E-state index contributed by atoms with van der Waals surface area (Å²) >= 11 is 0. The van der Waals surface area contributed by atoms with Crippen molar-refractivity contribution < 1.29 is 17.6 Å². The molecule has 1 aromatic heterocycles. The van der Waals surface area contributed by atoms with E-state index in [4.69, 9.17) is 10.2 Å². The first-order chi connectivity index (χ1) is 9.40. The molecule has 20 heavy (non-hydrogen) atoms. The van der Waals surface area contributed by atoms with Crippen LogP contribution in [-0.4, -0.2) is 24.7 Å². The lowest BCUT2D eigenvalue weighted by molar-refractivity contribution is -0.137.